The Bertz CT molecular complexity index is 986. The molecule has 2 aromatic rings. The first kappa shape index (κ1) is 17.3. The van der Waals surface area contributed by atoms with E-state index in [1.165, 1.54) is 0 Å². The molecule has 0 bridgehead atoms. The maximum Gasteiger partial charge on any atom is 0.419 e. The SMILES string of the molecule is O=C(CCCn1c(=O)oc2ccccc21)N(C1CC1)C1CCS(=O)(=O)C1. The third kappa shape index (κ3) is 3.42. The van der Waals surface area contributed by atoms with Crippen molar-refractivity contribution in [1.29, 1.82) is 0 Å². The average molecular weight is 378 g/mol. The highest BCUT2D eigenvalue weighted by atomic mass is 32.2. The average Bonchev–Trinajstić information content (AvgIpc) is 3.28. The summed E-state index contributed by atoms with van der Waals surface area (Å²) in [5.74, 6) is -0.166. The first-order valence-electron chi connectivity index (χ1n) is 9.04. The standard InChI is InChI=1S/C18H22N2O5S/c21-17(20(13-7-8-13)14-9-11-26(23,24)12-14)6-3-10-19-15-4-1-2-5-16(15)25-18(19)22/h1-2,4-5,13-14H,3,6-12H2. The summed E-state index contributed by atoms with van der Waals surface area (Å²) >= 11 is 0. The number of aromatic nitrogens is 1. The van der Waals surface area contributed by atoms with Crippen LogP contribution >= 0.6 is 0 Å². The zero-order valence-electron chi connectivity index (χ0n) is 14.5. The molecular formula is C18H22N2O5S. The molecule has 26 heavy (non-hydrogen) atoms. The second-order valence-electron chi connectivity index (χ2n) is 7.18. The molecule has 0 radical (unpaired) electrons. The molecule has 7 nitrogen and oxygen atoms in total. The van der Waals surface area contributed by atoms with E-state index in [0.717, 1.165) is 18.4 Å². The van der Waals surface area contributed by atoms with Crippen LogP contribution in [0.15, 0.2) is 33.5 Å². The lowest BCUT2D eigenvalue weighted by Gasteiger charge is -2.28. The largest absolute Gasteiger partial charge is 0.419 e. The molecule has 0 N–H and O–H groups in total. The third-order valence-corrected chi connectivity index (χ3v) is 6.93. The fraction of sp³-hybridized carbons (Fsp3) is 0.556. The summed E-state index contributed by atoms with van der Waals surface area (Å²) in [5, 5.41) is 0. The van der Waals surface area contributed by atoms with Crippen molar-refractivity contribution in [1.82, 2.24) is 9.47 Å². The van der Waals surface area contributed by atoms with Gasteiger partial charge in [0.1, 0.15) is 0 Å². The van der Waals surface area contributed by atoms with Crippen molar-refractivity contribution in [2.75, 3.05) is 11.5 Å². The van der Waals surface area contributed by atoms with Crippen LogP contribution in [0.25, 0.3) is 11.1 Å². The number of hydrogen-bond donors (Lipinski definition) is 0. The highest BCUT2D eigenvalue weighted by Crippen LogP contribution is 2.33. The predicted molar refractivity (Wildman–Crippen MR) is 96.6 cm³/mol. The van der Waals surface area contributed by atoms with Crippen LogP contribution in [0.4, 0.5) is 0 Å². The predicted octanol–water partition coefficient (Wildman–Crippen LogP) is 1.55. The number of amides is 1. The molecule has 1 aliphatic heterocycles. The van der Waals surface area contributed by atoms with Crippen molar-refractivity contribution >= 4 is 26.8 Å². The summed E-state index contributed by atoms with van der Waals surface area (Å²) in [6.45, 7) is 0.406. The van der Waals surface area contributed by atoms with Gasteiger partial charge in [-0.15, -0.1) is 0 Å². The van der Waals surface area contributed by atoms with Gasteiger partial charge in [0, 0.05) is 25.0 Å². The van der Waals surface area contributed by atoms with Gasteiger partial charge in [0.25, 0.3) is 0 Å². The number of oxazole rings is 1. The van der Waals surface area contributed by atoms with Crippen molar-refractivity contribution in [2.24, 2.45) is 0 Å². The van der Waals surface area contributed by atoms with Gasteiger partial charge in [-0.05, 0) is 37.8 Å². The number of carbonyl (C=O) groups excluding carboxylic acids is 1. The molecule has 1 atom stereocenters. The highest BCUT2D eigenvalue weighted by molar-refractivity contribution is 7.91. The van der Waals surface area contributed by atoms with Crippen LogP contribution in [-0.2, 0) is 21.2 Å². The van der Waals surface area contributed by atoms with Gasteiger partial charge >= 0.3 is 5.76 Å². The number of benzene rings is 1. The van der Waals surface area contributed by atoms with Gasteiger partial charge in [-0.1, -0.05) is 12.1 Å². The molecule has 1 saturated carbocycles. The second-order valence-corrected chi connectivity index (χ2v) is 9.41. The number of sulfone groups is 1. The summed E-state index contributed by atoms with van der Waals surface area (Å²) in [7, 11) is -3.02. The molecule has 1 amide bonds. The van der Waals surface area contributed by atoms with Crippen LogP contribution in [0.1, 0.15) is 32.1 Å². The Morgan fingerprint density at radius 2 is 1.96 bits per heavy atom. The van der Waals surface area contributed by atoms with Crippen LogP contribution in [0.3, 0.4) is 0 Å². The maximum atomic E-state index is 12.7. The smallest absolute Gasteiger partial charge is 0.408 e. The zero-order chi connectivity index (χ0) is 18.3. The fourth-order valence-corrected chi connectivity index (χ4v) is 5.51. The number of nitrogens with zero attached hydrogens (tertiary/aromatic N) is 2. The van der Waals surface area contributed by atoms with Crippen molar-refractivity contribution in [3.63, 3.8) is 0 Å². The van der Waals surface area contributed by atoms with E-state index in [0.29, 0.717) is 31.4 Å². The van der Waals surface area contributed by atoms with Crippen molar-refractivity contribution in [3.8, 4) is 0 Å². The van der Waals surface area contributed by atoms with Gasteiger partial charge < -0.3 is 9.32 Å². The minimum Gasteiger partial charge on any atom is -0.408 e. The van der Waals surface area contributed by atoms with E-state index in [1.807, 2.05) is 18.2 Å². The summed E-state index contributed by atoms with van der Waals surface area (Å²) < 4.78 is 30.3. The Morgan fingerprint density at radius 1 is 1.19 bits per heavy atom. The molecule has 2 fully saturated rings. The highest BCUT2D eigenvalue weighted by Gasteiger charge is 2.41. The normalized spacial score (nSPS) is 21.9. The van der Waals surface area contributed by atoms with E-state index in [9.17, 15) is 18.0 Å². The summed E-state index contributed by atoms with van der Waals surface area (Å²) in [4.78, 5) is 26.5. The van der Waals surface area contributed by atoms with Crippen molar-refractivity contribution in [2.45, 2.75) is 50.7 Å². The van der Waals surface area contributed by atoms with Gasteiger partial charge in [0.05, 0.1) is 17.0 Å². The lowest BCUT2D eigenvalue weighted by molar-refractivity contribution is -0.133. The van der Waals surface area contributed by atoms with E-state index in [1.54, 1.807) is 15.5 Å². The topological polar surface area (TPSA) is 89.6 Å². The molecule has 1 aromatic carbocycles. The Morgan fingerprint density at radius 3 is 2.65 bits per heavy atom. The Kier molecular flexibility index (Phi) is 4.38. The van der Waals surface area contributed by atoms with Crippen LogP contribution in [0, 0.1) is 0 Å². The molecule has 8 heteroatoms. The number of fused-ring (bicyclic) bond motifs is 1. The Labute approximate surface area is 151 Å². The summed E-state index contributed by atoms with van der Waals surface area (Å²) in [5.41, 5.74) is 1.27. The first-order chi connectivity index (χ1) is 12.4. The first-order valence-corrected chi connectivity index (χ1v) is 10.9. The fourth-order valence-electron chi connectivity index (χ4n) is 3.80. The summed E-state index contributed by atoms with van der Waals surface area (Å²) in [6.07, 6.45) is 3.27. The van der Waals surface area contributed by atoms with E-state index in [2.05, 4.69) is 0 Å². The van der Waals surface area contributed by atoms with Gasteiger partial charge in [-0.3, -0.25) is 9.36 Å². The maximum absolute atomic E-state index is 12.7. The molecule has 2 aliphatic rings. The second kappa shape index (κ2) is 6.57. The number of para-hydroxylation sites is 2. The van der Waals surface area contributed by atoms with E-state index in [-0.39, 0.29) is 29.5 Å². The minimum atomic E-state index is -3.02. The molecule has 140 valence electrons. The number of carbonyl (C=O) groups is 1. The van der Waals surface area contributed by atoms with Crippen LogP contribution < -0.4 is 5.76 Å². The number of hydrogen-bond acceptors (Lipinski definition) is 5. The Hall–Kier alpha value is -2.09. The molecular weight excluding hydrogens is 356 g/mol. The van der Waals surface area contributed by atoms with Gasteiger partial charge in [0.15, 0.2) is 15.4 Å². The van der Waals surface area contributed by atoms with E-state index >= 15 is 0 Å². The van der Waals surface area contributed by atoms with Gasteiger partial charge in [-0.2, -0.15) is 0 Å². The lowest BCUT2D eigenvalue weighted by atomic mass is 10.1. The molecule has 1 unspecified atom stereocenters. The molecule has 0 spiro atoms. The van der Waals surface area contributed by atoms with Gasteiger partial charge in [0.2, 0.25) is 5.91 Å². The molecule has 1 aromatic heterocycles. The number of aryl methyl sites for hydroxylation is 1. The van der Waals surface area contributed by atoms with E-state index in [4.69, 9.17) is 4.42 Å². The van der Waals surface area contributed by atoms with Crippen LogP contribution in [-0.4, -0.2) is 47.4 Å². The molecule has 2 heterocycles. The molecule has 4 rings (SSSR count). The zero-order valence-corrected chi connectivity index (χ0v) is 15.3. The Balaban J connectivity index is 1.41. The lowest BCUT2D eigenvalue weighted by Crippen LogP contribution is -2.42. The van der Waals surface area contributed by atoms with Crippen LogP contribution in [0.2, 0.25) is 0 Å². The monoisotopic (exact) mass is 378 g/mol. The molecule has 1 aliphatic carbocycles. The number of rotatable bonds is 6. The van der Waals surface area contributed by atoms with Crippen molar-refractivity contribution in [3.05, 3.63) is 34.8 Å². The van der Waals surface area contributed by atoms with Gasteiger partial charge in [-0.25, -0.2) is 13.2 Å². The summed E-state index contributed by atoms with van der Waals surface area (Å²) in [6, 6.07) is 7.22. The van der Waals surface area contributed by atoms with Crippen LogP contribution in [0.5, 0.6) is 0 Å². The minimum absolute atomic E-state index is 0.00421. The molecule has 1 saturated heterocycles. The third-order valence-electron chi connectivity index (χ3n) is 5.18. The quantitative estimate of drug-likeness (QED) is 0.761. The van der Waals surface area contributed by atoms with Crippen molar-refractivity contribution < 1.29 is 17.6 Å². The van der Waals surface area contributed by atoms with E-state index < -0.39 is 15.6 Å².